The second kappa shape index (κ2) is 8.61. The molecule has 2 atom stereocenters. The van der Waals surface area contributed by atoms with Gasteiger partial charge in [0.15, 0.2) is 0 Å². The zero-order valence-electron chi connectivity index (χ0n) is 15.5. The molecule has 0 aliphatic carbocycles. The van der Waals surface area contributed by atoms with E-state index in [1.807, 2.05) is 24.3 Å². The molecule has 1 aliphatic rings. The molecule has 1 fully saturated rings. The van der Waals surface area contributed by atoms with Crippen molar-refractivity contribution in [2.75, 3.05) is 19.6 Å². The van der Waals surface area contributed by atoms with Gasteiger partial charge in [0.25, 0.3) is 0 Å². The first-order valence-corrected chi connectivity index (χ1v) is 9.86. The zero-order valence-corrected chi connectivity index (χ0v) is 17.0. The average molecular weight is 407 g/mol. The molecule has 0 aromatic heterocycles. The van der Waals surface area contributed by atoms with Gasteiger partial charge in [-0.3, -0.25) is 14.6 Å². The summed E-state index contributed by atoms with van der Waals surface area (Å²) in [6.45, 7) is 6.13. The molecule has 1 N–H and O–H groups in total. The Labute approximate surface area is 170 Å². The normalized spacial score (nSPS) is 20.0. The molecule has 2 aromatic carbocycles. The van der Waals surface area contributed by atoms with Gasteiger partial charge in [0.2, 0.25) is 0 Å². The third-order valence-corrected chi connectivity index (χ3v) is 5.81. The van der Waals surface area contributed by atoms with Crippen LogP contribution < -0.4 is 0 Å². The molecule has 0 saturated carbocycles. The predicted molar refractivity (Wildman–Crippen MR) is 110 cm³/mol. The van der Waals surface area contributed by atoms with E-state index in [1.165, 1.54) is 0 Å². The van der Waals surface area contributed by atoms with Crippen molar-refractivity contribution >= 4 is 29.2 Å². The maximum absolute atomic E-state index is 11.4. The lowest BCUT2D eigenvalue weighted by Crippen LogP contribution is -2.57. The fraction of sp³-hybridized carbons (Fsp3) is 0.381. The highest BCUT2D eigenvalue weighted by Crippen LogP contribution is 2.32. The summed E-state index contributed by atoms with van der Waals surface area (Å²) < 4.78 is 0. The summed E-state index contributed by atoms with van der Waals surface area (Å²) in [5.41, 5.74) is 2.32. The van der Waals surface area contributed by atoms with E-state index in [0.29, 0.717) is 16.6 Å². The number of rotatable bonds is 5. The third-order valence-electron chi connectivity index (χ3n) is 5.30. The van der Waals surface area contributed by atoms with Crippen LogP contribution in [0, 0.1) is 0 Å². The molecule has 144 valence electrons. The quantitative estimate of drug-likeness (QED) is 0.789. The number of piperazine rings is 1. The van der Waals surface area contributed by atoms with Crippen molar-refractivity contribution in [3.8, 4) is 0 Å². The summed E-state index contributed by atoms with van der Waals surface area (Å²) in [4.78, 5) is 15.8. The summed E-state index contributed by atoms with van der Waals surface area (Å²) in [5.74, 6) is -0.776. The molecular weight excluding hydrogens is 383 g/mol. The van der Waals surface area contributed by atoms with E-state index in [4.69, 9.17) is 23.2 Å². The average Bonchev–Trinajstić information content (AvgIpc) is 2.64. The maximum atomic E-state index is 11.4. The number of carboxylic acids is 1. The Morgan fingerprint density at radius 3 is 1.89 bits per heavy atom. The summed E-state index contributed by atoms with van der Waals surface area (Å²) in [6.07, 6.45) is 0. The molecule has 6 heteroatoms. The first kappa shape index (κ1) is 20.2. The van der Waals surface area contributed by atoms with E-state index in [1.54, 1.807) is 6.92 Å². The van der Waals surface area contributed by atoms with Gasteiger partial charge in [0.05, 0.1) is 6.04 Å². The van der Waals surface area contributed by atoms with Gasteiger partial charge in [-0.2, -0.15) is 0 Å². The number of benzene rings is 2. The van der Waals surface area contributed by atoms with Crippen LogP contribution in [-0.2, 0) is 4.79 Å². The van der Waals surface area contributed by atoms with Crippen LogP contribution in [0.4, 0.5) is 0 Å². The second-order valence-corrected chi connectivity index (χ2v) is 7.97. The number of hydrogen-bond donors (Lipinski definition) is 1. The van der Waals surface area contributed by atoms with Gasteiger partial charge in [-0.1, -0.05) is 47.5 Å². The fourth-order valence-corrected chi connectivity index (χ4v) is 4.11. The molecule has 0 unspecified atom stereocenters. The molecule has 27 heavy (non-hydrogen) atoms. The first-order chi connectivity index (χ1) is 12.9. The standard InChI is InChI=1S/C21H24Cl2N2O2/c1-14-13-24(11-12-25(14)15(2)21(26)27)20(16-3-7-18(22)8-4-16)17-5-9-19(23)10-6-17/h3-10,14-15,20H,11-13H2,1-2H3,(H,26,27)/t14-,15+/m1/s1. The molecule has 1 aliphatic heterocycles. The van der Waals surface area contributed by atoms with Crippen molar-refractivity contribution in [3.05, 3.63) is 69.7 Å². The van der Waals surface area contributed by atoms with Gasteiger partial charge in [0.1, 0.15) is 6.04 Å². The molecule has 0 radical (unpaired) electrons. The molecule has 2 aromatic rings. The monoisotopic (exact) mass is 406 g/mol. The highest BCUT2D eigenvalue weighted by Gasteiger charge is 2.34. The van der Waals surface area contributed by atoms with Gasteiger partial charge in [0, 0.05) is 35.7 Å². The van der Waals surface area contributed by atoms with E-state index < -0.39 is 12.0 Å². The van der Waals surface area contributed by atoms with E-state index >= 15 is 0 Å². The van der Waals surface area contributed by atoms with Crippen LogP contribution in [0.15, 0.2) is 48.5 Å². The highest BCUT2D eigenvalue weighted by atomic mass is 35.5. The Bertz CT molecular complexity index is 734. The van der Waals surface area contributed by atoms with Crippen LogP contribution in [-0.4, -0.2) is 52.6 Å². The van der Waals surface area contributed by atoms with Gasteiger partial charge in [-0.25, -0.2) is 0 Å². The van der Waals surface area contributed by atoms with Crippen molar-refractivity contribution in [1.29, 1.82) is 0 Å². The van der Waals surface area contributed by atoms with Crippen molar-refractivity contribution < 1.29 is 9.90 Å². The molecule has 1 heterocycles. The molecule has 1 saturated heterocycles. The van der Waals surface area contributed by atoms with E-state index in [9.17, 15) is 9.90 Å². The third kappa shape index (κ3) is 4.64. The summed E-state index contributed by atoms with van der Waals surface area (Å²) >= 11 is 12.2. The highest BCUT2D eigenvalue weighted by molar-refractivity contribution is 6.30. The number of carbonyl (C=O) groups is 1. The molecule has 0 bridgehead atoms. The van der Waals surface area contributed by atoms with Crippen LogP contribution in [0.5, 0.6) is 0 Å². The Balaban J connectivity index is 1.89. The van der Waals surface area contributed by atoms with Crippen molar-refractivity contribution in [3.63, 3.8) is 0 Å². The largest absolute Gasteiger partial charge is 0.480 e. The van der Waals surface area contributed by atoms with Gasteiger partial charge in [-0.05, 0) is 49.2 Å². The number of hydrogen-bond acceptors (Lipinski definition) is 3. The lowest BCUT2D eigenvalue weighted by Gasteiger charge is -2.45. The van der Waals surface area contributed by atoms with E-state index in [0.717, 1.165) is 24.2 Å². The van der Waals surface area contributed by atoms with Crippen molar-refractivity contribution in [2.24, 2.45) is 0 Å². The van der Waals surface area contributed by atoms with Gasteiger partial charge in [-0.15, -0.1) is 0 Å². The predicted octanol–water partition coefficient (Wildman–Crippen LogP) is 4.56. The minimum Gasteiger partial charge on any atom is -0.480 e. The number of aliphatic carboxylic acids is 1. The van der Waals surface area contributed by atoms with E-state index in [-0.39, 0.29) is 12.1 Å². The minimum atomic E-state index is -0.776. The van der Waals surface area contributed by atoms with Crippen LogP contribution in [0.2, 0.25) is 10.0 Å². The Morgan fingerprint density at radius 2 is 1.48 bits per heavy atom. The van der Waals surface area contributed by atoms with Crippen molar-refractivity contribution in [1.82, 2.24) is 9.80 Å². The number of nitrogens with zero attached hydrogens (tertiary/aromatic N) is 2. The SMILES string of the molecule is C[C@@H]1CN(C(c2ccc(Cl)cc2)c2ccc(Cl)cc2)CCN1[C@@H](C)C(=O)O. The summed E-state index contributed by atoms with van der Waals surface area (Å²) in [7, 11) is 0. The molecule has 4 nitrogen and oxygen atoms in total. The number of halogens is 2. The van der Waals surface area contributed by atoms with Crippen LogP contribution >= 0.6 is 23.2 Å². The molecule has 0 spiro atoms. The smallest absolute Gasteiger partial charge is 0.320 e. The Morgan fingerprint density at radius 1 is 1.00 bits per heavy atom. The molecule has 0 amide bonds. The lowest BCUT2D eigenvalue weighted by molar-refractivity contribution is -0.144. The Kier molecular flexibility index (Phi) is 6.43. The van der Waals surface area contributed by atoms with Gasteiger partial charge < -0.3 is 5.11 Å². The van der Waals surface area contributed by atoms with Gasteiger partial charge >= 0.3 is 5.97 Å². The second-order valence-electron chi connectivity index (χ2n) is 7.10. The lowest BCUT2D eigenvalue weighted by atomic mass is 9.95. The summed E-state index contributed by atoms with van der Waals surface area (Å²) in [6, 6.07) is 15.6. The fourth-order valence-electron chi connectivity index (χ4n) is 3.86. The number of carboxylic acid groups (broad SMARTS) is 1. The van der Waals surface area contributed by atoms with Crippen LogP contribution in [0.1, 0.15) is 31.0 Å². The minimum absolute atomic E-state index is 0.0734. The van der Waals surface area contributed by atoms with Crippen molar-refractivity contribution in [2.45, 2.75) is 32.0 Å². The zero-order chi connectivity index (χ0) is 19.6. The Hall–Kier alpha value is -1.59. The molecular formula is C21H24Cl2N2O2. The van der Waals surface area contributed by atoms with Crippen LogP contribution in [0.3, 0.4) is 0 Å². The van der Waals surface area contributed by atoms with Crippen LogP contribution in [0.25, 0.3) is 0 Å². The maximum Gasteiger partial charge on any atom is 0.320 e. The summed E-state index contributed by atoms with van der Waals surface area (Å²) in [5, 5.41) is 10.8. The first-order valence-electron chi connectivity index (χ1n) is 9.10. The topological polar surface area (TPSA) is 43.8 Å². The van der Waals surface area contributed by atoms with E-state index in [2.05, 4.69) is 41.0 Å². The molecule has 3 rings (SSSR count).